The largest absolute Gasteiger partial charge is 0.490 e. The third-order valence-corrected chi connectivity index (χ3v) is 15.6. The molecule has 1 aromatic heterocycles. The molecule has 1 aliphatic carbocycles. The third kappa shape index (κ3) is 8.95. The second kappa shape index (κ2) is 18.6. The van der Waals surface area contributed by atoms with Crippen LogP contribution in [-0.2, 0) is 16.2 Å². The first-order valence-corrected chi connectivity index (χ1v) is 26.7. The predicted octanol–water partition coefficient (Wildman–Crippen LogP) is 18.6. The Labute approximate surface area is 446 Å². The van der Waals surface area contributed by atoms with Crippen molar-refractivity contribution in [1.82, 2.24) is 0 Å². The van der Waals surface area contributed by atoms with Crippen LogP contribution in [0.25, 0.3) is 44.5 Å². The Morgan fingerprint density at radius 2 is 0.893 bits per heavy atom. The summed E-state index contributed by atoms with van der Waals surface area (Å²) < 4.78 is 31.5. The molecule has 0 saturated carbocycles. The van der Waals surface area contributed by atoms with Gasteiger partial charge in [0.2, 0.25) is 0 Å². The second-order valence-corrected chi connectivity index (χ2v) is 23.1. The summed E-state index contributed by atoms with van der Waals surface area (Å²) in [6.07, 6.45) is 1.59. The molecule has 2 aliphatic heterocycles. The van der Waals surface area contributed by atoms with Gasteiger partial charge in [-0.2, -0.15) is 0 Å². The fourth-order valence-electron chi connectivity index (χ4n) is 10.9. The normalized spacial score (nSPS) is 14.7. The van der Waals surface area contributed by atoms with Crippen LogP contribution in [0.5, 0.6) is 23.0 Å². The summed E-state index contributed by atoms with van der Waals surface area (Å²) in [5.74, 6) is 3.65. The van der Waals surface area contributed by atoms with Crippen molar-refractivity contribution in [2.24, 2.45) is 0 Å². The number of anilines is 6. The lowest BCUT2D eigenvalue weighted by atomic mass is 9.81. The number of furan rings is 1. The number of hydrogen-bond donors (Lipinski definition) is 0. The standard InChI is InChI=1S/C67H63ClN2O5/c1-65(2,3)46-17-21-48(22-18-46)69(49-23-19-47(20-24-49)66(4,5)6)56-37-45(42-15-27-52-53-28-16-44(36-55(53)67(7,8)54(52)35-42)61-39-43-13-9-10-14-58(43)75-61)38-57(64(56)68)70(50-25-29-59-62(40-50)73-33-11-31-71-59)51-26-30-60-63(41-51)74-34-12-32-72-60/h9-10,13-30,35-41H,11-12,31-34H2,1-8H3. The molecule has 7 nitrogen and oxygen atoms in total. The number of fused-ring (bicyclic) bond motifs is 6. The van der Waals surface area contributed by atoms with Gasteiger partial charge in [-0.25, -0.2) is 0 Å². The number of halogens is 1. The zero-order valence-electron chi connectivity index (χ0n) is 44.1. The third-order valence-electron chi connectivity index (χ3n) is 15.2. The lowest BCUT2D eigenvalue weighted by Crippen LogP contribution is -2.17. The molecular weight excluding hydrogens is 948 g/mol. The first-order chi connectivity index (χ1) is 36.1. The van der Waals surface area contributed by atoms with Gasteiger partial charge in [0.25, 0.3) is 0 Å². The number of para-hydroxylation sites is 1. The molecule has 0 N–H and O–H groups in total. The van der Waals surface area contributed by atoms with Crippen LogP contribution in [0.2, 0.25) is 5.02 Å². The second-order valence-electron chi connectivity index (χ2n) is 22.8. The molecule has 0 amide bonds. The molecule has 8 heteroatoms. The Bertz CT molecular complexity index is 3480. The van der Waals surface area contributed by atoms with Gasteiger partial charge in [0.1, 0.15) is 11.3 Å². The van der Waals surface area contributed by atoms with Crippen LogP contribution in [0.1, 0.15) is 90.5 Å². The zero-order valence-corrected chi connectivity index (χ0v) is 44.9. The lowest BCUT2D eigenvalue weighted by molar-refractivity contribution is 0.296. The summed E-state index contributed by atoms with van der Waals surface area (Å²) in [5.41, 5.74) is 16.4. The van der Waals surface area contributed by atoms with Gasteiger partial charge in [0.05, 0.1) is 54.2 Å². The quantitative estimate of drug-likeness (QED) is 0.150. The van der Waals surface area contributed by atoms with Crippen molar-refractivity contribution in [2.75, 3.05) is 36.2 Å². The molecule has 3 aliphatic rings. The smallest absolute Gasteiger partial charge is 0.163 e. The number of rotatable bonds is 8. The maximum absolute atomic E-state index is 8.19. The van der Waals surface area contributed by atoms with Gasteiger partial charge in [-0.05, 0) is 140 Å². The molecule has 0 bridgehead atoms. The monoisotopic (exact) mass is 1010 g/mol. The topological polar surface area (TPSA) is 56.5 Å². The van der Waals surface area contributed by atoms with Crippen molar-refractivity contribution < 1.29 is 23.4 Å². The highest BCUT2D eigenvalue weighted by molar-refractivity contribution is 6.37. The van der Waals surface area contributed by atoms with Crippen LogP contribution in [-0.4, -0.2) is 26.4 Å². The summed E-state index contributed by atoms with van der Waals surface area (Å²) in [7, 11) is 0. The number of benzene rings is 8. The highest BCUT2D eigenvalue weighted by Crippen LogP contribution is 2.54. The van der Waals surface area contributed by atoms with Crippen molar-refractivity contribution in [2.45, 2.75) is 84.5 Å². The first kappa shape index (κ1) is 48.3. The molecule has 75 heavy (non-hydrogen) atoms. The van der Waals surface area contributed by atoms with Crippen molar-refractivity contribution in [3.63, 3.8) is 0 Å². The van der Waals surface area contributed by atoms with E-state index in [1.807, 2.05) is 24.3 Å². The Morgan fingerprint density at radius 3 is 1.40 bits per heavy atom. The molecule has 0 unspecified atom stereocenters. The highest BCUT2D eigenvalue weighted by Gasteiger charge is 2.37. The molecule has 3 heterocycles. The van der Waals surface area contributed by atoms with E-state index in [9.17, 15) is 0 Å². The first-order valence-electron chi connectivity index (χ1n) is 26.3. The average Bonchev–Trinajstić information content (AvgIpc) is 3.67. The summed E-state index contributed by atoms with van der Waals surface area (Å²) >= 11 is 8.19. The summed E-state index contributed by atoms with van der Waals surface area (Å²) in [4.78, 5) is 4.52. The van der Waals surface area contributed by atoms with Gasteiger partial charge in [-0.3, -0.25) is 0 Å². The molecule has 378 valence electrons. The Balaban J connectivity index is 1.08. The minimum atomic E-state index is -0.323. The van der Waals surface area contributed by atoms with Gasteiger partial charge in [-0.15, -0.1) is 0 Å². The van der Waals surface area contributed by atoms with Gasteiger partial charge < -0.3 is 33.2 Å². The average molecular weight is 1010 g/mol. The Hall–Kier alpha value is -7.61. The van der Waals surface area contributed by atoms with E-state index in [4.69, 9.17) is 35.0 Å². The van der Waals surface area contributed by atoms with Crippen LogP contribution >= 0.6 is 11.6 Å². The molecule has 12 rings (SSSR count). The fraction of sp³-hybridized carbons (Fsp3) is 0.254. The summed E-state index contributed by atoms with van der Waals surface area (Å²) in [6.45, 7) is 20.5. The highest BCUT2D eigenvalue weighted by atomic mass is 35.5. The Kier molecular flexibility index (Phi) is 12.0. The van der Waals surface area contributed by atoms with Gasteiger partial charge >= 0.3 is 0 Å². The van der Waals surface area contributed by atoms with E-state index in [1.54, 1.807) is 0 Å². The van der Waals surface area contributed by atoms with Crippen molar-refractivity contribution >= 4 is 56.7 Å². The summed E-state index contributed by atoms with van der Waals surface area (Å²) in [5, 5.41) is 1.65. The van der Waals surface area contributed by atoms with Gasteiger partial charge in [0, 0.05) is 52.7 Å². The van der Waals surface area contributed by atoms with E-state index in [-0.39, 0.29) is 16.2 Å². The molecule has 9 aromatic rings. The molecule has 8 aromatic carbocycles. The molecule has 0 radical (unpaired) electrons. The maximum atomic E-state index is 8.19. The maximum Gasteiger partial charge on any atom is 0.163 e. The minimum Gasteiger partial charge on any atom is -0.490 e. The van der Waals surface area contributed by atoms with Gasteiger partial charge in [-0.1, -0.05) is 134 Å². The zero-order chi connectivity index (χ0) is 51.8. The van der Waals surface area contributed by atoms with E-state index >= 15 is 0 Å². The minimum absolute atomic E-state index is 0.0375. The predicted molar refractivity (Wildman–Crippen MR) is 308 cm³/mol. The van der Waals surface area contributed by atoms with Crippen molar-refractivity contribution in [3.05, 3.63) is 191 Å². The van der Waals surface area contributed by atoms with Crippen molar-refractivity contribution in [3.8, 4) is 56.6 Å². The number of hydrogen-bond acceptors (Lipinski definition) is 7. The van der Waals surface area contributed by atoms with Crippen LogP contribution < -0.4 is 28.7 Å². The van der Waals surface area contributed by atoms with Crippen LogP contribution in [0.3, 0.4) is 0 Å². The summed E-state index contributed by atoms with van der Waals surface area (Å²) in [6, 6.07) is 58.7. The van der Waals surface area contributed by atoms with E-state index in [0.29, 0.717) is 54.4 Å². The van der Waals surface area contributed by atoms with Crippen molar-refractivity contribution in [1.29, 1.82) is 0 Å². The fourth-order valence-corrected chi connectivity index (χ4v) is 11.2. The van der Waals surface area contributed by atoms with Crippen LogP contribution in [0, 0.1) is 0 Å². The molecule has 0 spiro atoms. The van der Waals surface area contributed by atoms with Crippen LogP contribution in [0.15, 0.2) is 168 Å². The van der Waals surface area contributed by atoms with E-state index in [2.05, 4.69) is 205 Å². The van der Waals surface area contributed by atoms with E-state index in [1.165, 1.54) is 33.4 Å². The number of ether oxygens (including phenoxy) is 4. The van der Waals surface area contributed by atoms with E-state index < -0.39 is 0 Å². The molecular formula is C67H63ClN2O5. The molecule has 0 saturated heterocycles. The SMILES string of the molecule is CC(C)(C)c1ccc(N(c2ccc(C(C)(C)C)cc2)c2cc(-c3ccc4c(c3)C(C)(C)c3cc(-c5cc6ccccc6o5)ccc3-4)cc(N(c3ccc4c(c3)OCCCO4)c3ccc4c(c3)OCCCO4)c2Cl)cc1. The van der Waals surface area contributed by atoms with Crippen LogP contribution in [0.4, 0.5) is 34.1 Å². The van der Waals surface area contributed by atoms with Gasteiger partial charge in [0.15, 0.2) is 23.0 Å². The number of nitrogens with zero attached hydrogens (tertiary/aromatic N) is 2. The lowest BCUT2D eigenvalue weighted by Gasteiger charge is -2.33. The van der Waals surface area contributed by atoms with E-state index in [0.717, 1.165) is 80.4 Å². The Morgan fingerprint density at radius 1 is 0.440 bits per heavy atom. The molecule has 0 fully saturated rings. The molecule has 0 atom stereocenters.